The van der Waals surface area contributed by atoms with E-state index in [1.807, 2.05) is 0 Å². The Bertz CT molecular complexity index is 230. The van der Waals surface area contributed by atoms with Crippen LogP contribution in [0.25, 0.3) is 0 Å². The van der Waals surface area contributed by atoms with Crippen molar-refractivity contribution < 1.29 is 0 Å². The minimum atomic E-state index is 0.913. The van der Waals surface area contributed by atoms with Gasteiger partial charge < -0.3 is 5.32 Å². The van der Waals surface area contributed by atoms with E-state index in [1.165, 1.54) is 69.7 Å². The summed E-state index contributed by atoms with van der Waals surface area (Å²) < 4.78 is 0. The van der Waals surface area contributed by atoms with E-state index in [0.717, 1.165) is 18.0 Å². The van der Waals surface area contributed by atoms with Crippen LogP contribution in [0.3, 0.4) is 0 Å². The fourth-order valence-electron chi connectivity index (χ4n) is 3.35. The van der Waals surface area contributed by atoms with Crippen LogP contribution in [-0.2, 0) is 0 Å². The molecule has 3 fully saturated rings. The first-order chi connectivity index (χ1) is 8.43. The summed E-state index contributed by atoms with van der Waals surface area (Å²) in [5.41, 5.74) is 0. The molecule has 0 radical (unpaired) electrons. The van der Waals surface area contributed by atoms with E-state index < -0.39 is 0 Å². The summed E-state index contributed by atoms with van der Waals surface area (Å²) >= 11 is 2.18. The number of hydrogen-bond acceptors (Lipinski definition) is 3. The van der Waals surface area contributed by atoms with Crippen LogP contribution < -0.4 is 5.32 Å². The maximum atomic E-state index is 3.49. The summed E-state index contributed by atoms with van der Waals surface area (Å²) in [5, 5.41) is 3.49. The van der Waals surface area contributed by atoms with Gasteiger partial charge in [0.1, 0.15) is 0 Å². The highest BCUT2D eigenvalue weighted by Gasteiger charge is 2.35. The molecule has 2 nitrogen and oxygen atoms in total. The highest BCUT2D eigenvalue weighted by atomic mass is 32.2. The second kappa shape index (κ2) is 5.94. The average Bonchev–Trinajstić information content (AvgIpc) is 3.23. The Morgan fingerprint density at radius 3 is 2.47 bits per heavy atom. The van der Waals surface area contributed by atoms with Gasteiger partial charge in [0.15, 0.2) is 0 Å². The molecule has 3 aliphatic rings. The van der Waals surface area contributed by atoms with Crippen molar-refractivity contribution in [3.63, 3.8) is 0 Å². The van der Waals surface area contributed by atoms with E-state index in [1.54, 1.807) is 0 Å². The third-order valence-electron chi connectivity index (χ3n) is 4.55. The molecule has 3 rings (SSSR count). The summed E-state index contributed by atoms with van der Waals surface area (Å²) in [5.74, 6) is 3.79. The molecule has 0 spiro atoms. The van der Waals surface area contributed by atoms with Gasteiger partial charge in [0.2, 0.25) is 0 Å². The molecule has 0 aromatic rings. The van der Waals surface area contributed by atoms with E-state index in [0.29, 0.717) is 0 Å². The Kier molecular flexibility index (Phi) is 4.30. The van der Waals surface area contributed by atoms with Gasteiger partial charge in [-0.2, -0.15) is 11.8 Å². The van der Waals surface area contributed by atoms with Crippen molar-refractivity contribution in [1.29, 1.82) is 0 Å². The zero-order valence-corrected chi connectivity index (χ0v) is 11.7. The van der Waals surface area contributed by atoms with Gasteiger partial charge in [-0.05, 0) is 63.3 Å². The number of piperidine rings is 1. The van der Waals surface area contributed by atoms with E-state index in [4.69, 9.17) is 0 Å². The van der Waals surface area contributed by atoms with Crippen LogP contribution in [0.5, 0.6) is 0 Å². The van der Waals surface area contributed by atoms with Gasteiger partial charge in [0.25, 0.3) is 0 Å². The summed E-state index contributed by atoms with van der Waals surface area (Å²) in [6, 6.07) is 1.88. The molecular weight excluding hydrogens is 228 g/mol. The van der Waals surface area contributed by atoms with E-state index in [2.05, 4.69) is 22.0 Å². The molecule has 98 valence electrons. The van der Waals surface area contributed by atoms with Crippen LogP contribution in [0.4, 0.5) is 0 Å². The zero-order chi connectivity index (χ0) is 11.5. The third-order valence-corrected chi connectivity index (χ3v) is 5.75. The predicted molar refractivity (Wildman–Crippen MR) is 75.7 cm³/mol. The quantitative estimate of drug-likeness (QED) is 0.829. The molecule has 1 unspecified atom stereocenters. The van der Waals surface area contributed by atoms with Crippen molar-refractivity contribution in [1.82, 2.24) is 10.2 Å². The van der Waals surface area contributed by atoms with Crippen LogP contribution in [0.2, 0.25) is 0 Å². The van der Waals surface area contributed by atoms with Crippen LogP contribution in [0.15, 0.2) is 0 Å². The number of rotatable bonds is 4. The second-order valence-corrected chi connectivity index (χ2v) is 7.14. The maximum Gasteiger partial charge on any atom is 0.0189 e. The standard InChI is InChI=1S/C14H26N2S/c1-2-14(11-17-9-1)16(13-3-4-13)10-12-5-7-15-8-6-12/h12-15H,1-11H2. The Labute approximate surface area is 110 Å². The van der Waals surface area contributed by atoms with Gasteiger partial charge in [0.05, 0.1) is 0 Å². The summed E-state index contributed by atoms with van der Waals surface area (Å²) in [6.07, 6.45) is 8.68. The summed E-state index contributed by atoms with van der Waals surface area (Å²) in [4.78, 5) is 2.90. The van der Waals surface area contributed by atoms with E-state index >= 15 is 0 Å². The Morgan fingerprint density at radius 1 is 1.00 bits per heavy atom. The topological polar surface area (TPSA) is 15.3 Å². The van der Waals surface area contributed by atoms with Crippen molar-refractivity contribution in [3.8, 4) is 0 Å². The molecule has 0 aromatic carbocycles. The molecule has 1 saturated carbocycles. The van der Waals surface area contributed by atoms with Gasteiger partial charge in [0, 0.05) is 24.4 Å². The van der Waals surface area contributed by atoms with Gasteiger partial charge in [-0.3, -0.25) is 4.90 Å². The molecule has 2 aliphatic heterocycles. The molecule has 1 N–H and O–H groups in total. The maximum absolute atomic E-state index is 3.49. The molecule has 17 heavy (non-hydrogen) atoms. The Hall–Kier alpha value is 0.270. The van der Waals surface area contributed by atoms with Gasteiger partial charge in [-0.25, -0.2) is 0 Å². The van der Waals surface area contributed by atoms with Crippen molar-refractivity contribution in [3.05, 3.63) is 0 Å². The van der Waals surface area contributed by atoms with Crippen LogP contribution >= 0.6 is 11.8 Å². The smallest absolute Gasteiger partial charge is 0.0189 e. The van der Waals surface area contributed by atoms with Crippen molar-refractivity contribution >= 4 is 11.8 Å². The van der Waals surface area contributed by atoms with Gasteiger partial charge in [-0.15, -0.1) is 0 Å². The van der Waals surface area contributed by atoms with Crippen LogP contribution in [0.1, 0.15) is 38.5 Å². The lowest BCUT2D eigenvalue weighted by Gasteiger charge is -2.37. The normalized spacial score (nSPS) is 31.9. The minimum Gasteiger partial charge on any atom is -0.317 e. The molecule has 1 atom stereocenters. The highest BCUT2D eigenvalue weighted by molar-refractivity contribution is 7.99. The Balaban J connectivity index is 1.55. The molecule has 2 heterocycles. The average molecular weight is 254 g/mol. The predicted octanol–water partition coefficient (Wildman–Crippen LogP) is 2.35. The molecule has 3 heteroatoms. The lowest BCUT2D eigenvalue weighted by atomic mass is 9.96. The van der Waals surface area contributed by atoms with Crippen molar-refractivity contribution in [2.24, 2.45) is 5.92 Å². The number of hydrogen-bond donors (Lipinski definition) is 1. The van der Waals surface area contributed by atoms with Gasteiger partial charge in [-0.1, -0.05) is 0 Å². The summed E-state index contributed by atoms with van der Waals surface area (Å²) in [6.45, 7) is 3.91. The largest absolute Gasteiger partial charge is 0.317 e. The first-order valence-electron chi connectivity index (χ1n) is 7.47. The zero-order valence-electron chi connectivity index (χ0n) is 10.9. The van der Waals surface area contributed by atoms with E-state index in [9.17, 15) is 0 Å². The Morgan fingerprint density at radius 2 is 1.82 bits per heavy atom. The molecular formula is C14H26N2S. The van der Waals surface area contributed by atoms with Crippen molar-refractivity contribution in [2.75, 3.05) is 31.1 Å². The lowest BCUT2D eigenvalue weighted by Crippen LogP contribution is -2.45. The number of nitrogens with zero attached hydrogens (tertiary/aromatic N) is 1. The number of thioether (sulfide) groups is 1. The third kappa shape index (κ3) is 3.39. The van der Waals surface area contributed by atoms with Crippen LogP contribution in [-0.4, -0.2) is 48.1 Å². The summed E-state index contributed by atoms with van der Waals surface area (Å²) in [7, 11) is 0. The SMILES string of the molecule is C1CSCC(N(CC2CCNCC2)C2CC2)C1. The molecule has 0 aromatic heterocycles. The first kappa shape index (κ1) is 12.3. The second-order valence-electron chi connectivity index (χ2n) is 5.99. The molecule has 2 saturated heterocycles. The molecule has 0 bridgehead atoms. The number of nitrogens with one attached hydrogen (secondary N) is 1. The first-order valence-corrected chi connectivity index (χ1v) is 8.63. The molecule has 0 amide bonds. The molecule has 1 aliphatic carbocycles. The fourth-order valence-corrected chi connectivity index (χ4v) is 4.52. The van der Waals surface area contributed by atoms with Gasteiger partial charge >= 0.3 is 0 Å². The highest BCUT2D eigenvalue weighted by Crippen LogP contribution is 2.34. The lowest BCUT2D eigenvalue weighted by molar-refractivity contribution is 0.146. The minimum absolute atomic E-state index is 0.913. The van der Waals surface area contributed by atoms with Crippen LogP contribution in [0, 0.1) is 5.92 Å². The monoisotopic (exact) mass is 254 g/mol. The van der Waals surface area contributed by atoms with Crippen molar-refractivity contribution in [2.45, 2.75) is 50.6 Å². The van der Waals surface area contributed by atoms with E-state index in [-0.39, 0.29) is 0 Å². The fraction of sp³-hybridized carbons (Fsp3) is 1.00.